The number of non-ortho nitro benzene ring substituents is 1. The largest absolute Gasteiger partial charge is 0.269 e. The van der Waals surface area contributed by atoms with Crippen LogP contribution in [0.1, 0.15) is 11.5 Å². The van der Waals surface area contributed by atoms with Crippen LogP contribution in [0, 0.1) is 10.1 Å². The molecule has 6 nitrogen and oxygen atoms in total. The summed E-state index contributed by atoms with van der Waals surface area (Å²) in [5.74, 6) is 5.59. The van der Waals surface area contributed by atoms with Gasteiger partial charge in [-0.2, -0.15) is 5.10 Å². The number of nitrogens with two attached hydrogens (primary N) is 1. The van der Waals surface area contributed by atoms with Gasteiger partial charge in [0.05, 0.1) is 11.5 Å². The molecule has 1 unspecified atom stereocenters. The topological polar surface area (TPSA) is 84.8 Å². The lowest BCUT2D eigenvalue weighted by atomic mass is 10.0. The SMILES string of the molecule is NN1CC(c2ccc([N+](=O)[O-])cc2)C=N1. The highest BCUT2D eigenvalue weighted by Crippen LogP contribution is 2.21. The third kappa shape index (κ3) is 1.94. The molecule has 1 atom stereocenters. The molecule has 1 aromatic carbocycles. The molecule has 2 N–H and O–H groups in total. The molecule has 1 aliphatic rings. The van der Waals surface area contributed by atoms with Gasteiger partial charge >= 0.3 is 0 Å². The van der Waals surface area contributed by atoms with E-state index in [1.165, 1.54) is 17.3 Å². The van der Waals surface area contributed by atoms with Crippen molar-refractivity contribution in [3.8, 4) is 0 Å². The monoisotopic (exact) mass is 206 g/mol. The van der Waals surface area contributed by atoms with E-state index in [2.05, 4.69) is 5.10 Å². The van der Waals surface area contributed by atoms with Gasteiger partial charge in [0.25, 0.3) is 5.69 Å². The standard InChI is InChI=1S/C9H10N4O2/c10-12-6-8(5-11-12)7-1-3-9(4-2-7)13(14)15/h1-5,8H,6,10H2. The van der Waals surface area contributed by atoms with Crippen molar-refractivity contribution in [2.45, 2.75) is 5.92 Å². The van der Waals surface area contributed by atoms with Gasteiger partial charge in [0.15, 0.2) is 0 Å². The Balaban J connectivity index is 2.17. The summed E-state index contributed by atoms with van der Waals surface area (Å²) in [6.07, 6.45) is 1.74. The van der Waals surface area contributed by atoms with Gasteiger partial charge in [-0.15, -0.1) is 0 Å². The maximum absolute atomic E-state index is 10.4. The zero-order valence-electron chi connectivity index (χ0n) is 7.91. The first-order valence-corrected chi connectivity index (χ1v) is 4.47. The molecule has 1 aromatic rings. The summed E-state index contributed by atoms with van der Waals surface area (Å²) in [6.45, 7) is 0.609. The first-order valence-electron chi connectivity index (χ1n) is 4.47. The van der Waals surface area contributed by atoms with Gasteiger partial charge < -0.3 is 0 Å². The minimum Gasteiger partial charge on any atom is -0.258 e. The first kappa shape index (κ1) is 9.60. The molecule has 0 saturated heterocycles. The quantitative estimate of drug-likeness (QED) is 0.441. The molecule has 0 spiro atoms. The van der Waals surface area contributed by atoms with E-state index in [9.17, 15) is 10.1 Å². The fourth-order valence-corrected chi connectivity index (χ4v) is 1.50. The lowest BCUT2D eigenvalue weighted by molar-refractivity contribution is -0.384. The Kier molecular flexibility index (Phi) is 2.34. The van der Waals surface area contributed by atoms with Crippen LogP contribution in [-0.2, 0) is 0 Å². The summed E-state index contributed by atoms with van der Waals surface area (Å²) in [5.41, 5.74) is 1.08. The van der Waals surface area contributed by atoms with Crippen molar-refractivity contribution in [3.63, 3.8) is 0 Å². The van der Waals surface area contributed by atoms with E-state index in [4.69, 9.17) is 5.84 Å². The number of rotatable bonds is 2. The minimum absolute atomic E-state index is 0.0956. The second kappa shape index (κ2) is 3.66. The van der Waals surface area contributed by atoms with Crippen LogP contribution in [0.15, 0.2) is 29.4 Å². The number of nitro groups is 1. The fourth-order valence-electron chi connectivity index (χ4n) is 1.50. The van der Waals surface area contributed by atoms with Crippen molar-refractivity contribution in [3.05, 3.63) is 39.9 Å². The Morgan fingerprint density at radius 3 is 2.60 bits per heavy atom. The maximum atomic E-state index is 10.4. The molecule has 0 aliphatic carbocycles. The number of hydrogen-bond acceptors (Lipinski definition) is 5. The van der Waals surface area contributed by atoms with Crippen molar-refractivity contribution in [1.82, 2.24) is 5.12 Å². The molecule has 1 aliphatic heterocycles. The summed E-state index contributed by atoms with van der Waals surface area (Å²) < 4.78 is 0. The van der Waals surface area contributed by atoms with Gasteiger partial charge in [-0.25, -0.2) is 11.0 Å². The molecular weight excluding hydrogens is 196 g/mol. The van der Waals surface area contributed by atoms with Crippen LogP contribution in [-0.4, -0.2) is 22.8 Å². The summed E-state index contributed by atoms with van der Waals surface area (Å²) >= 11 is 0. The summed E-state index contributed by atoms with van der Waals surface area (Å²) in [4.78, 5) is 10.0. The summed E-state index contributed by atoms with van der Waals surface area (Å²) in [6, 6.07) is 6.44. The average Bonchev–Trinajstić information content (AvgIpc) is 2.65. The van der Waals surface area contributed by atoms with Gasteiger partial charge in [-0.05, 0) is 5.56 Å². The number of benzene rings is 1. The van der Waals surface area contributed by atoms with E-state index in [1.807, 2.05) is 0 Å². The molecule has 0 fully saturated rings. The fraction of sp³-hybridized carbons (Fsp3) is 0.222. The Hall–Kier alpha value is -1.95. The van der Waals surface area contributed by atoms with E-state index >= 15 is 0 Å². The zero-order valence-corrected chi connectivity index (χ0v) is 7.91. The lowest BCUT2D eigenvalue weighted by Gasteiger charge is -2.09. The predicted octanol–water partition coefficient (Wildman–Crippen LogP) is 0.854. The number of hydrazone groups is 1. The molecular formula is C9H10N4O2. The van der Waals surface area contributed by atoms with Crippen molar-refractivity contribution < 1.29 is 4.92 Å². The van der Waals surface area contributed by atoms with E-state index < -0.39 is 4.92 Å². The number of hydrogen-bond donors (Lipinski definition) is 1. The summed E-state index contributed by atoms with van der Waals surface area (Å²) in [5, 5.41) is 15.7. The highest BCUT2D eigenvalue weighted by Gasteiger charge is 2.17. The number of nitro benzene ring substituents is 1. The molecule has 0 aromatic heterocycles. The van der Waals surface area contributed by atoms with Crippen LogP contribution in [0.3, 0.4) is 0 Å². The smallest absolute Gasteiger partial charge is 0.258 e. The highest BCUT2D eigenvalue weighted by molar-refractivity contribution is 5.69. The Morgan fingerprint density at radius 1 is 1.47 bits per heavy atom. The highest BCUT2D eigenvalue weighted by atomic mass is 16.6. The third-order valence-electron chi connectivity index (χ3n) is 2.31. The van der Waals surface area contributed by atoms with Crippen LogP contribution >= 0.6 is 0 Å². The van der Waals surface area contributed by atoms with Crippen LogP contribution in [0.2, 0.25) is 0 Å². The average molecular weight is 206 g/mol. The first-order chi connectivity index (χ1) is 7.16. The van der Waals surface area contributed by atoms with Gasteiger partial charge in [0.1, 0.15) is 0 Å². The molecule has 78 valence electrons. The predicted molar refractivity (Wildman–Crippen MR) is 55.2 cm³/mol. The molecule has 0 bridgehead atoms. The molecule has 0 amide bonds. The molecule has 0 radical (unpaired) electrons. The number of nitrogens with zero attached hydrogens (tertiary/aromatic N) is 3. The van der Waals surface area contributed by atoms with Crippen LogP contribution in [0.4, 0.5) is 5.69 Å². The van der Waals surface area contributed by atoms with Crippen LogP contribution in [0.25, 0.3) is 0 Å². The van der Waals surface area contributed by atoms with Crippen LogP contribution in [0.5, 0.6) is 0 Å². The summed E-state index contributed by atoms with van der Waals surface area (Å²) in [7, 11) is 0. The van der Waals surface area contributed by atoms with Gasteiger partial charge in [0, 0.05) is 24.3 Å². The molecule has 6 heteroatoms. The third-order valence-corrected chi connectivity index (χ3v) is 2.31. The van der Waals surface area contributed by atoms with E-state index in [0.717, 1.165) is 5.56 Å². The van der Waals surface area contributed by atoms with E-state index in [1.54, 1.807) is 18.3 Å². The molecule has 1 heterocycles. The molecule has 0 saturated carbocycles. The second-order valence-corrected chi connectivity index (χ2v) is 3.34. The van der Waals surface area contributed by atoms with E-state index in [-0.39, 0.29) is 11.6 Å². The minimum atomic E-state index is -0.415. The zero-order chi connectivity index (χ0) is 10.8. The Bertz CT molecular complexity index is 401. The van der Waals surface area contributed by atoms with Crippen molar-refractivity contribution in [2.75, 3.05) is 6.54 Å². The van der Waals surface area contributed by atoms with Crippen molar-refractivity contribution in [2.24, 2.45) is 10.9 Å². The van der Waals surface area contributed by atoms with E-state index in [0.29, 0.717) is 6.54 Å². The van der Waals surface area contributed by atoms with Gasteiger partial charge in [-0.1, -0.05) is 12.1 Å². The second-order valence-electron chi connectivity index (χ2n) is 3.34. The van der Waals surface area contributed by atoms with Gasteiger partial charge in [0.2, 0.25) is 0 Å². The van der Waals surface area contributed by atoms with Crippen LogP contribution < -0.4 is 5.84 Å². The Labute approximate surface area is 86.1 Å². The maximum Gasteiger partial charge on any atom is 0.269 e. The molecule has 2 rings (SSSR count). The van der Waals surface area contributed by atoms with Crippen molar-refractivity contribution >= 4 is 11.9 Å². The lowest BCUT2D eigenvalue weighted by Crippen LogP contribution is -2.24. The molecule has 15 heavy (non-hydrogen) atoms. The van der Waals surface area contributed by atoms with Gasteiger partial charge in [-0.3, -0.25) is 10.1 Å². The Morgan fingerprint density at radius 2 is 2.13 bits per heavy atom. The number of hydrazine groups is 1. The normalized spacial score (nSPS) is 19.5. The van der Waals surface area contributed by atoms with Crippen molar-refractivity contribution in [1.29, 1.82) is 0 Å².